The number of carbonyl (C=O) groups is 1. The van der Waals surface area contributed by atoms with Crippen LogP contribution in [0.4, 0.5) is 4.79 Å². The molecule has 0 spiro atoms. The average molecular weight is 369 g/mol. The van der Waals surface area contributed by atoms with Gasteiger partial charge in [-0.15, -0.1) is 0 Å². The summed E-state index contributed by atoms with van der Waals surface area (Å²) in [5.74, 6) is 0.0979. The fourth-order valence-electron chi connectivity index (χ4n) is 2.70. The van der Waals surface area contributed by atoms with E-state index in [-0.39, 0.29) is 24.0 Å². The van der Waals surface area contributed by atoms with E-state index in [9.17, 15) is 4.79 Å². The van der Waals surface area contributed by atoms with Gasteiger partial charge >= 0.3 is 6.09 Å². The summed E-state index contributed by atoms with van der Waals surface area (Å²) in [6, 6.07) is 6.85. The van der Waals surface area contributed by atoms with Crippen molar-refractivity contribution in [2.45, 2.75) is 38.5 Å². The molecule has 1 aromatic rings. The summed E-state index contributed by atoms with van der Waals surface area (Å²) >= 11 is 5.93. The van der Waals surface area contributed by atoms with Crippen LogP contribution < -0.4 is 5.73 Å². The number of likely N-dealkylation sites (N-methyl/N-ethyl adjacent to an activating group) is 1. The van der Waals surface area contributed by atoms with Crippen LogP contribution in [-0.4, -0.2) is 58.7 Å². The zero-order valence-electron chi connectivity index (χ0n) is 14.9. The van der Waals surface area contributed by atoms with Gasteiger partial charge in [0.25, 0.3) is 0 Å². The molecular formula is C17H25ClN4O3. The summed E-state index contributed by atoms with van der Waals surface area (Å²) in [5, 5.41) is 12.9. The Bertz CT molecular complexity index is 636. The zero-order valence-corrected chi connectivity index (χ0v) is 15.7. The van der Waals surface area contributed by atoms with Gasteiger partial charge in [-0.25, -0.2) is 4.79 Å². The smallest absolute Gasteiger partial charge is 0.410 e. The molecule has 25 heavy (non-hydrogen) atoms. The zero-order chi connectivity index (χ0) is 18.8. The second kappa shape index (κ2) is 7.49. The van der Waals surface area contributed by atoms with Crippen molar-refractivity contribution in [3.05, 3.63) is 34.9 Å². The van der Waals surface area contributed by atoms with E-state index in [1.54, 1.807) is 24.1 Å². The molecule has 0 aromatic heterocycles. The molecule has 138 valence electrons. The number of hydrogen-bond donors (Lipinski definition) is 2. The quantitative estimate of drug-likeness (QED) is 0.369. The van der Waals surface area contributed by atoms with Gasteiger partial charge in [-0.2, -0.15) is 0 Å². The second-order valence-corrected chi connectivity index (χ2v) is 7.61. The molecule has 1 atom stereocenters. The number of hydrogen-bond acceptors (Lipinski definition) is 5. The fraction of sp³-hybridized carbons (Fsp3) is 0.529. The summed E-state index contributed by atoms with van der Waals surface area (Å²) in [6.07, 6.45) is -0.357. The van der Waals surface area contributed by atoms with Gasteiger partial charge in [0.15, 0.2) is 5.84 Å². The summed E-state index contributed by atoms with van der Waals surface area (Å²) in [7, 11) is 1.72. The molecule has 0 bridgehead atoms. The highest BCUT2D eigenvalue weighted by Crippen LogP contribution is 2.29. The molecule has 1 aliphatic rings. The third-order valence-electron chi connectivity index (χ3n) is 4.07. The summed E-state index contributed by atoms with van der Waals surface area (Å²) in [6.45, 7) is 6.70. The number of amidine groups is 1. The first kappa shape index (κ1) is 19.3. The number of likely N-dealkylation sites (tertiary alicyclic amines) is 1. The molecule has 1 heterocycles. The number of oxime groups is 1. The van der Waals surface area contributed by atoms with Crippen molar-refractivity contribution >= 4 is 23.5 Å². The van der Waals surface area contributed by atoms with Crippen LogP contribution in [0.1, 0.15) is 32.4 Å². The van der Waals surface area contributed by atoms with E-state index in [4.69, 9.17) is 27.3 Å². The summed E-state index contributed by atoms with van der Waals surface area (Å²) in [5.41, 5.74) is 6.22. The maximum atomic E-state index is 12.1. The molecule has 3 N–H and O–H groups in total. The highest BCUT2D eigenvalue weighted by Gasteiger charge is 2.39. The minimum atomic E-state index is -0.533. The fourth-order valence-corrected chi connectivity index (χ4v) is 2.82. The molecular weight excluding hydrogens is 344 g/mol. The van der Waals surface area contributed by atoms with Crippen molar-refractivity contribution in [1.82, 2.24) is 9.80 Å². The molecule has 1 saturated heterocycles. The Hall–Kier alpha value is -1.99. The first-order valence-corrected chi connectivity index (χ1v) is 8.43. The molecule has 7 nitrogen and oxygen atoms in total. The van der Waals surface area contributed by atoms with Gasteiger partial charge in [0.1, 0.15) is 5.60 Å². The molecule has 8 heteroatoms. The van der Waals surface area contributed by atoms with Crippen molar-refractivity contribution in [3.8, 4) is 0 Å². The number of halogens is 1. The molecule has 0 unspecified atom stereocenters. The van der Waals surface area contributed by atoms with E-state index < -0.39 is 5.60 Å². The number of rotatable bonds is 4. The lowest BCUT2D eigenvalue weighted by Gasteiger charge is -2.47. The number of benzene rings is 1. The maximum Gasteiger partial charge on any atom is 0.410 e. The molecule has 1 amide bonds. The number of amides is 1. The lowest BCUT2D eigenvalue weighted by atomic mass is 9.98. The van der Waals surface area contributed by atoms with Crippen LogP contribution in [0.25, 0.3) is 0 Å². The van der Waals surface area contributed by atoms with Crippen LogP contribution in [-0.2, 0) is 4.74 Å². The Morgan fingerprint density at radius 3 is 2.44 bits per heavy atom. The van der Waals surface area contributed by atoms with Gasteiger partial charge in [-0.3, -0.25) is 4.90 Å². The summed E-state index contributed by atoms with van der Waals surface area (Å²) < 4.78 is 5.38. The number of nitrogens with zero attached hydrogens (tertiary/aromatic N) is 3. The first-order valence-electron chi connectivity index (χ1n) is 8.05. The van der Waals surface area contributed by atoms with Crippen molar-refractivity contribution in [2.75, 3.05) is 20.1 Å². The molecule has 2 rings (SSSR count). The summed E-state index contributed by atoms with van der Waals surface area (Å²) in [4.78, 5) is 15.8. The topological polar surface area (TPSA) is 91.4 Å². The Morgan fingerprint density at radius 1 is 1.40 bits per heavy atom. The standard InChI is InChI=1S/C17H25ClN4O3/c1-17(2,3)25-16(23)21(4)13-9-22(10-13)14(15(19)20-24)11-5-7-12(18)8-6-11/h5-8,13-14,24H,9-10H2,1-4H3,(H2,19,20)/t14-/m1/s1. The van der Waals surface area contributed by atoms with Crippen LogP contribution in [0.5, 0.6) is 0 Å². The highest BCUT2D eigenvalue weighted by molar-refractivity contribution is 6.30. The first-order chi connectivity index (χ1) is 11.6. The minimum absolute atomic E-state index is 0.0103. The number of ether oxygens (including phenoxy) is 1. The van der Waals surface area contributed by atoms with Crippen molar-refractivity contribution in [1.29, 1.82) is 0 Å². The van der Waals surface area contributed by atoms with Gasteiger partial charge in [0, 0.05) is 25.2 Å². The van der Waals surface area contributed by atoms with Crippen LogP contribution in [0.15, 0.2) is 29.4 Å². The third-order valence-corrected chi connectivity index (χ3v) is 4.32. The van der Waals surface area contributed by atoms with E-state index in [1.807, 2.05) is 37.8 Å². The average Bonchev–Trinajstić information content (AvgIpc) is 2.48. The van der Waals surface area contributed by atoms with E-state index >= 15 is 0 Å². The van der Waals surface area contributed by atoms with E-state index in [0.29, 0.717) is 18.1 Å². The Labute approximate surface area is 153 Å². The van der Waals surface area contributed by atoms with Gasteiger partial charge in [-0.1, -0.05) is 28.9 Å². The van der Waals surface area contributed by atoms with Crippen LogP contribution >= 0.6 is 11.6 Å². The van der Waals surface area contributed by atoms with Crippen molar-refractivity contribution in [2.24, 2.45) is 10.9 Å². The molecule has 1 aromatic carbocycles. The SMILES string of the molecule is CN(C(=O)OC(C)(C)C)C1CN([C@@H](C(N)=NO)c2ccc(Cl)cc2)C1. The molecule has 0 radical (unpaired) electrons. The monoisotopic (exact) mass is 368 g/mol. The van der Waals surface area contributed by atoms with E-state index in [1.165, 1.54) is 0 Å². The Balaban J connectivity index is 2.04. The Morgan fingerprint density at radius 2 is 1.96 bits per heavy atom. The molecule has 0 aliphatic carbocycles. The molecule has 1 fully saturated rings. The van der Waals surface area contributed by atoms with Crippen LogP contribution in [0.3, 0.4) is 0 Å². The minimum Gasteiger partial charge on any atom is -0.444 e. The molecule has 1 aliphatic heterocycles. The van der Waals surface area contributed by atoms with Crippen molar-refractivity contribution < 1.29 is 14.7 Å². The maximum absolute atomic E-state index is 12.1. The van der Waals surface area contributed by atoms with E-state index in [2.05, 4.69) is 5.16 Å². The van der Waals surface area contributed by atoms with Gasteiger partial charge in [0.05, 0.1) is 12.1 Å². The number of carbonyl (C=O) groups excluding carboxylic acids is 1. The predicted molar refractivity (Wildman–Crippen MR) is 97.0 cm³/mol. The third kappa shape index (κ3) is 4.76. The predicted octanol–water partition coefficient (Wildman–Crippen LogP) is 2.68. The van der Waals surface area contributed by atoms with Crippen molar-refractivity contribution in [3.63, 3.8) is 0 Å². The normalized spacial score (nSPS) is 17.7. The largest absolute Gasteiger partial charge is 0.444 e. The lowest BCUT2D eigenvalue weighted by Crippen LogP contribution is -2.62. The van der Waals surface area contributed by atoms with Crippen LogP contribution in [0.2, 0.25) is 5.02 Å². The second-order valence-electron chi connectivity index (χ2n) is 7.18. The lowest BCUT2D eigenvalue weighted by molar-refractivity contribution is -0.00893. The highest BCUT2D eigenvalue weighted by atomic mass is 35.5. The Kier molecular flexibility index (Phi) is 5.80. The molecule has 0 saturated carbocycles. The van der Waals surface area contributed by atoms with Gasteiger partial charge in [-0.05, 0) is 38.5 Å². The van der Waals surface area contributed by atoms with Gasteiger partial charge in [0.2, 0.25) is 0 Å². The van der Waals surface area contributed by atoms with Gasteiger partial charge < -0.3 is 20.6 Å². The van der Waals surface area contributed by atoms with E-state index in [0.717, 1.165) is 5.56 Å². The van der Waals surface area contributed by atoms with Crippen LogP contribution in [0, 0.1) is 0 Å². The number of nitrogens with two attached hydrogens (primary N) is 1.